The molecule has 21 heavy (non-hydrogen) atoms. The Bertz CT molecular complexity index is 485. The zero-order valence-corrected chi connectivity index (χ0v) is 12.9. The summed E-state index contributed by atoms with van der Waals surface area (Å²) in [5, 5.41) is 12.2. The highest BCUT2D eigenvalue weighted by Crippen LogP contribution is 2.25. The average molecular weight is 291 g/mol. The van der Waals surface area contributed by atoms with E-state index < -0.39 is 12.0 Å². The summed E-state index contributed by atoms with van der Waals surface area (Å²) in [5.41, 5.74) is 2.81. The second kappa shape index (κ2) is 7.46. The number of rotatable bonds is 7. The van der Waals surface area contributed by atoms with Crippen LogP contribution in [0.3, 0.4) is 0 Å². The highest BCUT2D eigenvalue weighted by atomic mass is 16.5. The normalized spacial score (nSPS) is 15.6. The minimum absolute atomic E-state index is 0.148. The number of aryl methyl sites for hydroxylation is 2. The van der Waals surface area contributed by atoms with Gasteiger partial charge in [-0.1, -0.05) is 19.9 Å². The quantitative estimate of drug-likeness (QED) is 0.811. The topological polar surface area (TPSA) is 58.6 Å². The molecule has 0 heterocycles. The number of nitrogens with one attached hydrogen (secondary N) is 1. The van der Waals surface area contributed by atoms with Crippen LogP contribution in [0.25, 0.3) is 0 Å². The molecule has 0 aromatic heterocycles. The van der Waals surface area contributed by atoms with Gasteiger partial charge in [-0.3, -0.25) is 4.79 Å². The van der Waals surface area contributed by atoms with Crippen molar-refractivity contribution in [3.63, 3.8) is 0 Å². The van der Waals surface area contributed by atoms with Gasteiger partial charge in [0.15, 0.2) is 0 Å². The zero-order chi connectivity index (χ0) is 15.2. The second-order valence-electron chi connectivity index (χ2n) is 5.99. The van der Waals surface area contributed by atoms with Gasteiger partial charge in [-0.25, -0.2) is 0 Å². The molecule has 1 aromatic carbocycles. The maximum Gasteiger partial charge on any atom is 0.320 e. The molecule has 0 amide bonds. The van der Waals surface area contributed by atoms with Crippen LogP contribution < -0.4 is 10.1 Å². The Balaban J connectivity index is 1.86. The van der Waals surface area contributed by atoms with Crippen molar-refractivity contribution in [1.29, 1.82) is 0 Å². The van der Waals surface area contributed by atoms with Crippen LogP contribution in [-0.2, 0) is 17.6 Å². The number of carboxylic acids is 1. The van der Waals surface area contributed by atoms with E-state index >= 15 is 0 Å². The van der Waals surface area contributed by atoms with Gasteiger partial charge in [0.1, 0.15) is 11.8 Å². The summed E-state index contributed by atoms with van der Waals surface area (Å²) in [6.07, 6.45) is 5.27. The van der Waals surface area contributed by atoms with E-state index in [9.17, 15) is 4.79 Å². The van der Waals surface area contributed by atoms with Crippen LogP contribution in [-0.4, -0.2) is 29.8 Å². The van der Waals surface area contributed by atoms with Crippen molar-refractivity contribution >= 4 is 5.97 Å². The van der Waals surface area contributed by atoms with Gasteiger partial charge in [-0.05, 0) is 48.9 Å². The van der Waals surface area contributed by atoms with Crippen LogP contribution in [0.5, 0.6) is 5.75 Å². The van der Waals surface area contributed by atoms with E-state index in [0.717, 1.165) is 18.6 Å². The lowest BCUT2D eigenvalue weighted by Crippen LogP contribution is -2.41. The van der Waals surface area contributed by atoms with Crippen LogP contribution in [0.1, 0.15) is 44.2 Å². The zero-order valence-electron chi connectivity index (χ0n) is 12.9. The largest absolute Gasteiger partial charge is 0.494 e. The predicted octanol–water partition coefficient (Wildman–Crippen LogP) is 2.79. The van der Waals surface area contributed by atoms with E-state index in [1.807, 2.05) is 19.9 Å². The smallest absolute Gasteiger partial charge is 0.320 e. The van der Waals surface area contributed by atoms with E-state index in [1.54, 1.807) is 0 Å². The first-order chi connectivity index (χ1) is 10.1. The van der Waals surface area contributed by atoms with Crippen molar-refractivity contribution in [2.75, 3.05) is 6.61 Å². The Morgan fingerprint density at radius 2 is 2.00 bits per heavy atom. The molecule has 1 aliphatic carbocycles. The number of carbonyl (C=O) groups is 1. The third kappa shape index (κ3) is 4.74. The summed E-state index contributed by atoms with van der Waals surface area (Å²) < 4.78 is 5.73. The molecule has 4 nitrogen and oxygen atoms in total. The van der Waals surface area contributed by atoms with Gasteiger partial charge in [0.05, 0.1) is 6.61 Å². The minimum Gasteiger partial charge on any atom is -0.494 e. The molecule has 0 radical (unpaired) electrons. The van der Waals surface area contributed by atoms with Gasteiger partial charge >= 0.3 is 5.97 Å². The first-order valence-electron chi connectivity index (χ1n) is 7.79. The fourth-order valence-electron chi connectivity index (χ4n) is 2.77. The van der Waals surface area contributed by atoms with Crippen LogP contribution in [0.15, 0.2) is 18.2 Å². The monoisotopic (exact) mass is 291 g/mol. The molecule has 2 N–H and O–H groups in total. The number of fused-ring (bicyclic) bond motifs is 1. The minimum atomic E-state index is -0.822. The molecule has 1 aliphatic rings. The lowest BCUT2D eigenvalue weighted by atomic mass is 9.92. The highest BCUT2D eigenvalue weighted by molar-refractivity contribution is 5.73. The summed E-state index contributed by atoms with van der Waals surface area (Å²) in [5.74, 6) is 0.0297. The highest BCUT2D eigenvalue weighted by Gasteiger charge is 2.18. The molecule has 2 rings (SSSR count). The molecule has 1 unspecified atom stereocenters. The number of carboxylic acid groups (broad SMARTS) is 1. The van der Waals surface area contributed by atoms with E-state index in [0.29, 0.717) is 13.0 Å². The number of benzene rings is 1. The molecular weight excluding hydrogens is 266 g/mol. The molecule has 0 bridgehead atoms. The standard InChI is InChI=1S/C17H25NO3/c1-12(2)18-16(17(19)20)9-10-21-15-8-7-13-5-3-4-6-14(13)11-15/h7-8,11-12,16,18H,3-6,9-10H2,1-2H3,(H,19,20). The first kappa shape index (κ1) is 15.8. The molecule has 0 fully saturated rings. The Morgan fingerprint density at radius 3 is 2.67 bits per heavy atom. The van der Waals surface area contributed by atoms with E-state index in [1.165, 1.54) is 24.0 Å². The van der Waals surface area contributed by atoms with E-state index in [4.69, 9.17) is 9.84 Å². The lowest BCUT2D eigenvalue weighted by molar-refractivity contribution is -0.140. The van der Waals surface area contributed by atoms with Gasteiger partial charge in [-0.15, -0.1) is 0 Å². The van der Waals surface area contributed by atoms with Crippen LogP contribution in [0.4, 0.5) is 0 Å². The maximum absolute atomic E-state index is 11.2. The number of ether oxygens (including phenoxy) is 1. The second-order valence-corrected chi connectivity index (χ2v) is 5.99. The molecule has 0 aliphatic heterocycles. The van der Waals surface area contributed by atoms with Crippen molar-refractivity contribution in [3.05, 3.63) is 29.3 Å². The number of aliphatic carboxylic acids is 1. The van der Waals surface area contributed by atoms with E-state index in [-0.39, 0.29) is 6.04 Å². The fourth-order valence-corrected chi connectivity index (χ4v) is 2.77. The van der Waals surface area contributed by atoms with Gasteiger partial charge in [0.25, 0.3) is 0 Å². The van der Waals surface area contributed by atoms with Crippen molar-refractivity contribution < 1.29 is 14.6 Å². The molecule has 1 aromatic rings. The summed E-state index contributed by atoms with van der Waals surface area (Å²) in [6, 6.07) is 5.85. The van der Waals surface area contributed by atoms with Crippen molar-refractivity contribution in [3.8, 4) is 5.75 Å². The van der Waals surface area contributed by atoms with Crippen molar-refractivity contribution in [2.45, 2.75) is 58.0 Å². The SMILES string of the molecule is CC(C)NC(CCOc1ccc2c(c1)CCCC2)C(=O)O. The Labute approximate surface area is 126 Å². The van der Waals surface area contributed by atoms with Gasteiger partial charge in [0, 0.05) is 12.5 Å². The van der Waals surface area contributed by atoms with Gasteiger partial charge in [0.2, 0.25) is 0 Å². The van der Waals surface area contributed by atoms with Crippen LogP contribution in [0, 0.1) is 0 Å². The van der Waals surface area contributed by atoms with E-state index in [2.05, 4.69) is 17.4 Å². The predicted molar refractivity (Wildman–Crippen MR) is 82.9 cm³/mol. The Hall–Kier alpha value is -1.55. The molecule has 0 saturated heterocycles. The van der Waals surface area contributed by atoms with Crippen molar-refractivity contribution in [1.82, 2.24) is 5.32 Å². The van der Waals surface area contributed by atoms with Crippen molar-refractivity contribution in [2.24, 2.45) is 0 Å². The molecular formula is C17H25NO3. The van der Waals surface area contributed by atoms with Crippen LogP contribution in [0.2, 0.25) is 0 Å². The van der Waals surface area contributed by atoms with Crippen LogP contribution >= 0.6 is 0 Å². The molecule has 116 valence electrons. The lowest BCUT2D eigenvalue weighted by Gasteiger charge is -2.19. The average Bonchev–Trinajstić information content (AvgIpc) is 2.45. The molecule has 1 atom stereocenters. The summed E-state index contributed by atoms with van der Waals surface area (Å²) in [6.45, 7) is 4.30. The molecule has 0 saturated carbocycles. The Morgan fingerprint density at radius 1 is 1.29 bits per heavy atom. The third-order valence-corrected chi connectivity index (χ3v) is 3.83. The van der Waals surface area contributed by atoms with Gasteiger partial charge < -0.3 is 15.2 Å². The maximum atomic E-state index is 11.2. The number of hydrogen-bond donors (Lipinski definition) is 2. The third-order valence-electron chi connectivity index (χ3n) is 3.83. The molecule has 4 heteroatoms. The summed E-state index contributed by atoms with van der Waals surface area (Å²) in [7, 11) is 0. The first-order valence-corrected chi connectivity index (χ1v) is 7.79. The number of hydrogen-bond acceptors (Lipinski definition) is 3. The molecule has 0 spiro atoms. The summed E-state index contributed by atoms with van der Waals surface area (Å²) in [4.78, 5) is 11.2. The Kier molecular flexibility index (Phi) is 5.62. The van der Waals surface area contributed by atoms with Gasteiger partial charge in [-0.2, -0.15) is 0 Å². The summed E-state index contributed by atoms with van der Waals surface area (Å²) >= 11 is 0. The fraction of sp³-hybridized carbons (Fsp3) is 0.588.